The number of carbonyl (C=O) groups excluding carboxylic acids is 1. The van der Waals surface area contributed by atoms with Gasteiger partial charge in [0.2, 0.25) is 0 Å². The largest absolute Gasteiger partial charge is 0.444 e. The van der Waals surface area contributed by atoms with E-state index in [2.05, 4.69) is 17.2 Å². The third kappa shape index (κ3) is 6.95. The van der Waals surface area contributed by atoms with Crippen molar-refractivity contribution in [1.29, 1.82) is 0 Å². The smallest absolute Gasteiger partial charge is 0.417 e. The zero-order valence-electron chi connectivity index (χ0n) is 13.5. The highest BCUT2D eigenvalue weighted by atomic mass is 19.4. The van der Waals surface area contributed by atoms with Gasteiger partial charge < -0.3 is 10.1 Å². The van der Waals surface area contributed by atoms with E-state index in [1.165, 1.54) is 0 Å². The number of hydrogen-bond donors (Lipinski definition) is 1. The van der Waals surface area contributed by atoms with Crippen LogP contribution in [0.5, 0.6) is 0 Å². The molecule has 138 valence electrons. The van der Waals surface area contributed by atoms with E-state index >= 15 is 0 Å². The Morgan fingerprint density at radius 3 is 2.16 bits per heavy atom. The third-order valence-electron chi connectivity index (χ3n) is 2.60. The zero-order chi connectivity index (χ0) is 19.5. The Labute approximate surface area is 140 Å². The van der Waals surface area contributed by atoms with Crippen LogP contribution in [0, 0.1) is 11.8 Å². The molecule has 1 aromatic rings. The molecule has 25 heavy (non-hydrogen) atoms. The molecule has 0 radical (unpaired) electrons. The van der Waals surface area contributed by atoms with Gasteiger partial charge in [-0.1, -0.05) is 11.8 Å². The van der Waals surface area contributed by atoms with Crippen molar-refractivity contribution in [3.05, 3.63) is 34.9 Å². The van der Waals surface area contributed by atoms with Gasteiger partial charge in [-0.05, 0) is 39.0 Å². The third-order valence-corrected chi connectivity index (χ3v) is 2.60. The van der Waals surface area contributed by atoms with E-state index < -0.39 is 40.7 Å². The quantitative estimate of drug-likeness (QED) is 0.582. The number of amides is 1. The Hall–Kier alpha value is -2.37. The lowest BCUT2D eigenvalue weighted by atomic mass is 10.0. The summed E-state index contributed by atoms with van der Waals surface area (Å²) in [5, 5.41) is 2.21. The Kier molecular flexibility index (Phi) is 6.00. The van der Waals surface area contributed by atoms with Crippen molar-refractivity contribution < 1.29 is 35.9 Å². The fourth-order valence-corrected chi connectivity index (χ4v) is 1.63. The SMILES string of the molecule is CC(C)(C)OC(=O)NCC#Cc1ccc(C(F)(F)F)cc1C(F)(F)F. The minimum atomic E-state index is -5.00. The van der Waals surface area contributed by atoms with Gasteiger partial charge in [-0.2, -0.15) is 26.3 Å². The second-order valence-electron chi connectivity index (χ2n) is 5.91. The minimum absolute atomic E-state index is 0.00527. The molecular weight excluding hydrogens is 352 g/mol. The van der Waals surface area contributed by atoms with Crippen LogP contribution in [-0.2, 0) is 17.1 Å². The lowest BCUT2D eigenvalue weighted by molar-refractivity contribution is -0.143. The van der Waals surface area contributed by atoms with Gasteiger partial charge in [0.25, 0.3) is 0 Å². The number of benzene rings is 1. The molecule has 0 aliphatic heterocycles. The van der Waals surface area contributed by atoms with Crippen molar-refractivity contribution in [2.45, 2.75) is 38.7 Å². The van der Waals surface area contributed by atoms with Crippen LogP contribution in [0.1, 0.15) is 37.5 Å². The highest BCUT2D eigenvalue weighted by Crippen LogP contribution is 2.36. The van der Waals surface area contributed by atoms with Crippen LogP contribution < -0.4 is 5.32 Å². The van der Waals surface area contributed by atoms with Crippen LogP contribution in [0.25, 0.3) is 0 Å². The number of halogens is 6. The first-order valence-electron chi connectivity index (χ1n) is 6.94. The highest BCUT2D eigenvalue weighted by Gasteiger charge is 2.37. The van der Waals surface area contributed by atoms with E-state index in [4.69, 9.17) is 4.74 Å². The molecule has 0 aliphatic rings. The lowest BCUT2D eigenvalue weighted by Crippen LogP contribution is -2.32. The highest BCUT2D eigenvalue weighted by molar-refractivity contribution is 5.68. The maximum Gasteiger partial charge on any atom is 0.417 e. The average molecular weight is 367 g/mol. The van der Waals surface area contributed by atoms with Crippen molar-refractivity contribution in [3.8, 4) is 11.8 Å². The number of ether oxygens (including phenoxy) is 1. The van der Waals surface area contributed by atoms with E-state index in [-0.39, 0.29) is 12.6 Å². The van der Waals surface area contributed by atoms with Gasteiger partial charge in [0.1, 0.15) is 5.60 Å². The van der Waals surface area contributed by atoms with E-state index in [1.807, 2.05) is 0 Å². The molecule has 0 atom stereocenters. The Bertz CT molecular complexity index is 690. The number of alkyl halides is 6. The second kappa shape index (κ2) is 7.25. The first-order valence-corrected chi connectivity index (χ1v) is 6.94. The van der Waals surface area contributed by atoms with Gasteiger partial charge in [0.05, 0.1) is 17.7 Å². The summed E-state index contributed by atoms with van der Waals surface area (Å²) in [6, 6.07) is 1.16. The molecule has 1 N–H and O–H groups in total. The molecule has 1 aromatic carbocycles. The predicted octanol–water partition coefficient (Wildman–Crippen LogP) is 4.60. The van der Waals surface area contributed by atoms with E-state index in [9.17, 15) is 31.1 Å². The summed E-state index contributed by atoms with van der Waals surface area (Å²) in [5.41, 5.74) is -4.29. The van der Waals surface area contributed by atoms with Crippen LogP contribution in [-0.4, -0.2) is 18.2 Å². The van der Waals surface area contributed by atoms with E-state index in [0.717, 1.165) is 0 Å². The van der Waals surface area contributed by atoms with Crippen molar-refractivity contribution in [3.63, 3.8) is 0 Å². The molecule has 1 rings (SSSR count). The zero-order valence-corrected chi connectivity index (χ0v) is 13.5. The van der Waals surface area contributed by atoms with Crippen LogP contribution in [0.2, 0.25) is 0 Å². The summed E-state index contributed by atoms with van der Waals surface area (Å²) in [5.74, 6) is 4.35. The second-order valence-corrected chi connectivity index (χ2v) is 5.91. The molecule has 0 fully saturated rings. The van der Waals surface area contributed by atoms with Gasteiger partial charge in [0.15, 0.2) is 0 Å². The summed E-state index contributed by atoms with van der Waals surface area (Å²) in [4.78, 5) is 11.3. The van der Waals surface area contributed by atoms with Crippen LogP contribution in [0.4, 0.5) is 31.1 Å². The number of carbonyl (C=O) groups is 1. The first-order chi connectivity index (χ1) is 11.2. The molecule has 0 aliphatic carbocycles. The molecule has 0 heterocycles. The summed E-state index contributed by atoms with van der Waals surface area (Å²) in [7, 11) is 0. The van der Waals surface area contributed by atoms with Crippen LogP contribution in [0.15, 0.2) is 18.2 Å². The summed E-state index contributed by atoms with van der Waals surface area (Å²) in [6.45, 7) is 4.54. The van der Waals surface area contributed by atoms with E-state index in [0.29, 0.717) is 12.1 Å². The van der Waals surface area contributed by atoms with Gasteiger partial charge in [-0.25, -0.2) is 4.79 Å². The monoisotopic (exact) mass is 367 g/mol. The number of nitrogens with one attached hydrogen (secondary N) is 1. The fraction of sp³-hybridized carbons (Fsp3) is 0.438. The number of hydrogen-bond acceptors (Lipinski definition) is 2. The molecular formula is C16H15F6NO2. The van der Waals surface area contributed by atoms with Gasteiger partial charge >= 0.3 is 18.4 Å². The molecule has 3 nitrogen and oxygen atoms in total. The normalized spacial score (nSPS) is 12.2. The maximum absolute atomic E-state index is 12.9. The van der Waals surface area contributed by atoms with Crippen LogP contribution >= 0.6 is 0 Å². The van der Waals surface area contributed by atoms with Crippen molar-refractivity contribution in [2.24, 2.45) is 0 Å². The Morgan fingerprint density at radius 2 is 1.68 bits per heavy atom. The van der Waals surface area contributed by atoms with Crippen molar-refractivity contribution >= 4 is 6.09 Å². The van der Waals surface area contributed by atoms with Gasteiger partial charge in [-0.15, -0.1) is 0 Å². The number of rotatable bonds is 1. The first kappa shape index (κ1) is 20.7. The topological polar surface area (TPSA) is 38.3 Å². The van der Waals surface area contributed by atoms with E-state index in [1.54, 1.807) is 20.8 Å². The molecule has 0 unspecified atom stereocenters. The molecule has 0 aromatic heterocycles. The van der Waals surface area contributed by atoms with Gasteiger partial charge in [0, 0.05) is 5.56 Å². The lowest BCUT2D eigenvalue weighted by Gasteiger charge is -2.19. The molecule has 0 bridgehead atoms. The summed E-state index contributed by atoms with van der Waals surface area (Å²) >= 11 is 0. The molecule has 0 spiro atoms. The molecule has 0 saturated carbocycles. The maximum atomic E-state index is 12.9. The summed E-state index contributed by atoms with van der Waals surface area (Å²) in [6.07, 6.45) is -10.7. The van der Waals surface area contributed by atoms with Crippen molar-refractivity contribution in [1.82, 2.24) is 5.32 Å². The standard InChI is InChI=1S/C16H15F6NO2/c1-14(2,3)25-13(24)23-8-4-5-10-6-7-11(15(17,18)19)9-12(10)16(20,21)22/h6-7,9H,8H2,1-3H3,(H,23,24). The summed E-state index contributed by atoms with van der Waals surface area (Å²) < 4.78 is 81.3. The van der Waals surface area contributed by atoms with Crippen molar-refractivity contribution in [2.75, 3.05) is 6.54 Å². The average Bonchev–Trinajstić information content (AvgIpc) is 2.39. The number of alkyl carbamates (subject to hydrolysis) is 1. The van der Waals surface area contributed by atoms with Gasteiger partial charge in [-0.3, -0.25) is 0 Å². The molecule has 9 heteroatoms. The Balaban J connectivity index is 2.95. The molecule has 1 amide bonds. The van der Waals surface area contributed by atoms with Crippen LogP contribution in [0.3, 0.4) is 0 Å². The minimum Gasteiger partial charge on any atom is -0.444 e. The fourth-order valence-electron chi connectivity index (χ4n) is 1.63. The molecule has 0 saturated heterocycles. The Morgan fingerprint density at radius 1 is 1.08 bits per heavy atom. The predicted molar refractivity (Wildman–Crippen MR) is 77.6 cm³/mol.